The Kier molecular flexibility index (Phi) is 4.48. The van der Waals surface area contributed by atoms with Gasteiger partial charge >= 0.3 is 0 Å². The van der Waals surface area contributed by atoms with E-state index in [0.717, 1.165) is 33.9 Å². The van der Waals surface area contributed by atoms with Crippen molar-refractivity contribution in [3.63, 3.8) is 0 Å². The zero-order valence-corrected chi connectivity index (χ0v) is 13.7. The molecule has 4 nitrogen and oxygen atoms in total. The summed E-state index contributed by atoms with van der Waals surface area (Å²) < 4.78 is 0.944. The van der Waals surface area contributed by atoms with Crippen LogP contribution in [0.25, 0.3) is 11.4 Å². The number of hydrogen-bond donors (Lipinski definition) is 1. The predicted octanol–water partition coefficient (Wildman–Crippen LogP) is 4.39. The van der Waals surface area contributed by atoms with E-state index in [1.165, 1.54) is 25.7 Å². The van der Waals surface area contributed by atoms with Gasteiger partial charge < -0.3 is 5.32 Å². The Labute approximate surface area is 133 Å². The van der Waals surface area contributed by atoms with Crippen molar-refractivity contribution in [2.24, 2.45) is 0 Å². The maximum absolute atomic E-state index is 4.80. The molecular weight excluding hydrogens is 328 g/mol. The SMILES string of the molecule is CCNc1cc(C2CCCC2)nc(-c2cncc(Br)c2)n1. The van der Waals surface area contributed by atoms with Gasteiger partial charge in [-0.05, 0) is 41.8 Å². The van der Waals surface area contributed by atoms with Crippen LogP contribution < -0.4 is 5.32 Å². The van der Waals surface area contributed by atoms with E-state index in [1.54, 1.807) is 6.20 Å². The molecule has 1 N–H and O–H groups in total. The molecular formula is C16H19BrN4. The Bertz CT molecular complexity index is 623. The molecule has 0 aliphatic heterocycles. The number of hydrogen-bond acceptors (Lipinski definition) is 4. The zero-order chi connectivity index (χ0) is 14.7. The summed E-state index contributed by atoms with van der Waals surface area (Å²) >= 11 is 3.46. The van der Waals surface area contributed by atoms with Gasteiger partial charge in [0.2, 0.25) is 0 Å². The molecule has 2 aromatic heterocycles. The van der Waals surface area contributed by atoms with Gasteiger partial charge in [-0.1, -0.05) is 12.8 Å². The fourth-order valence-electron chi connectivity index (χ4n) is 2.83. The Morgan fingerprint density at radius 3 is 2.71 bits per heavy atom. The van der Waals surface area contributed by atoms with Crippen molar-refractivity contribution in [1.29, 1.82) is 0 Å². The Hall–Kier alpha value is -1.49. The standard InChI is InChI=1S/C16H19BrN4/c1-2-19-15-8-14(11-5-3-4-6-11)20-16(21-15)12-7-13(17)10-18-9-12/h7-11H,2-6H2,1H3,(H,19,20,21). The molecule has 0 aromatic carbocycles. The second-order valence-electron chi connectivity index (χ2n) is 5.41. The highest BCUT2D eigenvalue weighted by Crippen LogP contribution is 2.34. The first-order valence-corrected chi connectivity index (χ1v) is 8.29. The van der Waals surface area contributed by atoms with E-state index >= 15 is 0 Å². The molecule has 0 bridgehead atoms. The average molecular weight is 347 g/mol. The van der Waals surface area contributed by atoms with Crippen molar-refractivity contribution in [2.75, 3.05) is 11.9 Å². The monoisotopic (exact) mass is 346 g/mol. The number of halogens is 1. The third kappa shape index (κ3) is 3.40. The largest absolute Gasteiger partial charge is 0.370 e. The van der Waals surface area contributed by atoms with Crippen LogP contribution in [-0.2, 0) is 0 Å². The van der Waals surface area contributed by atoms with Gasteiger partial charge in [0.1, 0.15) is 5.82 Å². The van der Waals surface area contributed by atoms with Gasteiger partial charge in [0, 0.05) is 46.7 Å². The maximum atomic E-state index is 4.80. The van der Waals surface area contributed by atoms with Crippen LogP contribution in [0.5, 0.6) is 0 Å². The lowest BCUT2D eigenvalue weighted by atomic mass is 10.0. The number of anilines is 1. The molecule has 0 amide bonds. The number of aromatic nitrogens is 3. The number of rotatable bonds is 4. The van der Waals surface area contributed by atoms with Crippen LogP contribution in [0.1, 0.15) is 44.2 Å². The highest BCUT2D eigenvalue weighted by Gasteiger charge is 2.20. The first-order valence-electron chi connectivity index (χ1n) is 7.50. The van der Waals surface area contributed by atoms with Crippen LogP contribution in [0, 0.1) is 0 Å². The van der Waals surface area contributed by atoms with Gasteiger partial charge in [0.15, 0.2) is 5.82 Å². The summed E-state index contributed by atoms with van der Waals surface area (Å²) in [5.74, 6) is 2.23. The van der Waals surface area contributed by atoms with Crippen molar-refractivity contribution >= 4 is 21.7 Å². The minimum absolute atomic E-state index is 0.573. The van der Waals surface area contributed by atoms with Crippen LogP contribution in [0.2, 0.25) is 0 Å². The number of pyridine rings is 1. The lowest BCUT2D eigenvalue weighted by Crippen LogP contribution is -2.06. The summed E-state index contributed by atoms with van der Waals surface area (Å²) in [6, 6.07) is 4.12. The third-order valence-corrected chi connectivity index (χ3v) is 4.27. The topological polar surface area (TPSA) is 50.7 Å². The lowest BCUT2D eigenvalue weighted by Gasteiger charge is -2.13. The van der Waals surface area contributed by atoms with Crippen molar-refractivity contribution < 1.29 is 0 Å². The van der Waals surface area contributed by atoms with E-state index in [0.29, 0.717) is 5.92 Å². The first kappa shape index (κ1) is 14.4. The molecule has 110 valence electrons. The van der Waals surface area contributed by atoms with E-state index in [9.17, 15) is 0 Å². The lowest BCUT2D eigenvalue weighted by molar-refractivity contribution is 0.695. The molecule has 0 atom stereocenters. The van der Waals surface area contributed by atoms with Gasteiger partial charge in [0.05, 0.1) is 0 Å². The molecule has 2 aromatic rings. The molecule has 1 aliphatic rings. The van der Waals surface area contributed by atoms with Gasteiger partial charge in [-0.25, -0.2) is 9.97 Å². The smallest absolute Gasteiger partial charge is 0.163 e. The molecule has 1 saturated carbocycles. The number of nitrogens with one attached hydrogen (secondary N) is 1. The van der Waals surface area contributed by atoms with E-state index < -0.39 is 0 Å². The summed E-state index contributed by atoms with van der Waals surface area (Å²) in [5.41, 5.74) is 2.11. The second-order valence-corrected chi connectivity index (χ2v) is 6.32. The van der Waals surface area contributed by atoms with Crippen LogP contribution in [0.15, 0.2) is 29.0 Å². The second kappa shape index (κ2) is 6.52. The highest BCUT2D eigenvalue weighted by molar-refractivity contribution is 9.10. The van der Waals surface area contributed by atoms with Crippen molar-refractivity contribution in [2.45, 2.75) is 38.5 Å². The third-order valence-electron chi connectivity index (χ3n) is 3.84. The Morgan fingerprint density at radius 1 is 1.19 bits per heavy atom. The number of nitrogens with zero attached hydrogens (tertiary/aromatic N) is 3. The molecule has 0 saturated heterocycles. The predicted molar refractivity (Wildman–Crippen MR) is 88.3 cm³/mol. The van der Waals surface area contributed by atoms with Gasteiger partial charge in [0.25, 0.3) is 0 Å². The summed E-state index contributed by atoms with van der Waals surface area (Å²) in [6.07, 6.45) is 8.67. The molecule has 0 radical (unpaired) electrons. The fraction of sp³-hybridized carbons (Fsp3) is 0.438. The van der Waals surface area contributed by atoms with Crippen LogP contribution in [0.3, 0.4) is 0 Å². The van der Waals surface area contributed by atoms with Crippen molar-refractivity contribution in [1.82, 2.24) is 15.0 Å². The van der Waals surface area contributed by atoms with Crippen molar-refractivity contribution in [3.8, 4) is 11.4 Å². The average Bonchev–Trinajstić information content (AvgIpc) is 3.01. The molecule has 0 spiro atoms. The van der Waals surface area contributed by atoms with Crippen LogP contribution >= 0.6 is 15.9 Å². The highest BCUT2D eigenvalue weighted by atomic mass is 79.9. The molecule has 0 unspecified atom stereocenters. The van der Waals surface area contributed by atoms with Gasteiger partial charge in [-0.3, -0.25) is 4.98 Å². The maximum Gasteiger partial charge on any atom is 0.163 e. The molecule has 21 heavy (non-hydrogen) atoms. The summed E-state index contributed by atoms with van der Waals surface area (Å²) in [7, 11) is 0. The quantitative estimate of drug-likeness (QED) is 0.891. The molecule has 1 aliphatic carbocycles. The van der Waals surface area contributed by atoms with E-state index in [4.69, 9.17) is 4.98 Å². The van der Waals surface area contributed by atoms with Crippen LogP contribution in [0.4, 0.5) is 5.82 Å². The summed E-state index contributed by atoms with van der Waals surface area (Å²) in [4.78, 5) is 13.6. The molecule has 2 heterocycles. The Morgan fingerprint density at radius 2 is 2.00 bits per heavy atom. The summed E-state index contributed by atoms with van der Waals surface area (Å²) in [5, 5.41) is 3.31. The zero-order valence-electron chi connectivity index (χ0n) is 12.1. The van der Waals surface area contributed by atoms with Crippen LogP contribution in [-0.4, -0.2) is 21.5 Å². The van der Waals surface area contributed by atoms with Gasteiger partial charge in [-0.2, -0.15) is 0 Å². The molecule has 5 heteroatoms. The summed E-state index contributed by atoms with van der Waals surface area (Å²) in [6.45, 7) is 2.94. The van der Waals surface area contributed by atoms with E-state index in [-0.39, 0.29) is 0 Å². The van der Waals surface area contributed by atoms with E-state index in [2.05, 4.69) is 44.2 Å². The fourth-order valence-corrected chi connectivity index (χ4v) is 3.20. The minimum Gasteiger partial charge on any atom is -0.370 e. The molecule has 3 rings (SSSR count). The van der Waals surface area contributed by atoms with E-state index in [1.807, 2.05) is 12.3 Å². The van der Waals surface area contributed by atoms with Crippen molar-refractivity contribution in [3.05, 3.63) is 34.7 Å². The normalized spacial score (nSPS) is 15.3. The Balaban J connectivity index is 2.02. The first-order chi connectivity index (χ1) is 10.3. The molecule has 1 fully saturated rings. The van der Waals surface area contributed by atoms with Gasteiger partial charge in [-0.15, -0.1) is 0 Å². The minimum atomic E-state index is 0.573.